The van der Waals surface area contributed by atoms with Crippen LogP contribution in [0.2, 0.25) is 0 Å². The second kappa shape index (κ2) is 6.67. The van der Waals surface area contributed by atoms with Crippen LogP contribution in [0, 0.1) is 5.82 Å². The van der Waals surface area contributed by atoms with E-state index in [2.05, 4.69) is 9.97 Å². The number of ketones is 1. The fourth-order valence-corrected chi connectivity index (χ4v) is 3.70. The standard InChI is InChI=1S/C23H17FN4O/c1-27-14-26-19-11-16(2-4-21(19)27)23(29)22-12-17-10-18(24)3-5-20(17)28(22)13-15-6-8-25-9-7-15/h2-12,14H,13H2,1H3. The summed E-state index contributed by atoms with van der Waals surface area (Å²) in [5, 5.41) is 0.696. The van der Waals surface area contributed by atoms with Crippen molar-refractivity contribution in [3.63, 3.8) is 0 Å². The van der Waals surface area contributed by atoms with Crippen molar-refractivity contribution in [2.45, 2.75) is 6.54 Å². The number of benzene rings is 2. The molecule has 3 aromatic heterocycles. The lowest BCUT2D eigenvalue weighted by atomic mass is 10.1. The highest BCUT2D eigenvalue weighted by Gasteiger charge is 2.19. The number of hydrogen-bond acceptors (Lipinski definition) is 3. The highest BCUT2D eigenvalue weighted by Crippen LogP contribution is 2.25. The molecule has 6 heteroatoms. The Labute approximate surface area is 166 Å². The largest absolute Gasteiger partial charge is 0.334 e. The maximum absolute atomic E-state index is 13.8. The van der Waals surface area contributed by atoms with E-state index in [-0.39, 0.29) is 11.6 Å². The summed E-state index contributed by atoms with van der Waals surface area (Å²) in [6, 6.07) is 15.7. The molecule has 0 spiro atoms. The summed E-state index contributed by atoms with van der Waals surface area (Å²) in [7, 11) is 1.91. The minimum atomic E-state index is -0.326. The van der Waals surface area contributed by atoms with Crippen molar-refractivity contribution in [1.29, 1.82) is 0 Å². The van der Waals surface area contributed by atoms with Crippen molar-refractivity contribution in [3.8, 4) is 0 Å². The van der Waals surface area contributed by atoms with Crippen molar-refractivity contribution in [3.05, 3.63) is 96.0 Å². The molecule has 0 atom stereocenters. The van der Waals surface area contributed by atoms with Crippen LogP contribution in [0.4, 0.5) is 4.39 Å². The summed E-state index contributed by atoms with van der Waals surface area (Å²) < 4.78 is 17.6. The van der Waals surface area contributed by atoms with Crippen molar-refractivity contribution in [2.24, 2.45) is 7.05 Å². The lowest BCUT2D eigenvalue weighted by Gasteiger charge is -2.11. The lowest BCUT2D eigenvalue weighted by molar-refractivity contribution is 0.103. The van der Waals surface area contributed by atoms with Gasteiger partial charge < -0.3 is 9.13 Å². The number of imidazole rings is 1. The SMILES string of the molecule is Cn1cnc2cc(C(=O)c3cc4cc(F)ccc4n3Cc3ccncc3)ccc21. The summed E-state index contributed by atoms with van der Waals surface area (Å²) in [5.41, 5.74) is 4.61. The number of carbonyl (C=O) groups is 1. The molecule has 142 valence electrons. The lowest BCUT2D eigenvalue weighted by Crippen LogP contribution is -2.11. The van der Waals surface area contributed by atoms with E-state index in [4.69, 9.17) is 0 Å². The molecule has 29 heavy (non-hydrogen) atoms. The van der Waals surface area contributed by atoms with Crippen LogP contribution in [-0.4, -0.2) is 24.9 Å². The fraction of sp³-hybridized carbons (Fsp3) is 0.0870. The Balaban J connectivity index is 1.65. The van der Waals surface area contributed by atoms with Gasteiger partial charge in [0.15, 0.2) is 0 Å². The summed E-state index contributed by atoms with van der Waals surface area (Å²) in [4.78, 5) is 21.8. The number of nitrogens with zero attached hydrogens (tertiary/aromatic N) is 4. The smallest absolute Gasteiger partial charge is 0.209 e. The van der Waals surface area contributed by atoms with E-state index < -0.39 is 0 Å². The van der Waals surface area contributed by atoms with Gasteiger partial charge >= 0.3 is 0 Å². The quantitative estimate of drug-likeness (QED) is 0.433. The van der Waals surface area contributed by atoms with E-state index in [1.54, 1.807) is 43.0 Å². The predicted octanol–water partition coefficient (Wildman–Crippen LogP) is 4.34. The van der Waals surface area contributed by atoms with E-state index >= 15 is 0 Å². The van der Waals surface area contributed by atoms with Gasteiger partial charge in [-0.3, -0.25) is 9.78 Å². The van der Waals surface area contributed by atoms with E-state index in [0.29, 0.717) is 23.2 Å². The van der Waals surface area contributed by atoms with Crippen LogP contribution in [0.15, 0.2) is 73.3 Å². The van der Waals surface area contributed by atoms with Gasteiger partial charge in [-0.25, -0.2) is 9.37 Å². The van der Waals surface area contributed by atoms with Crippen LogP contribution < -0.4 is 0 Å². The Morgan fingerprint density at radius 3 is 2.62 bits per heavy atom. The highest BCUT2D eigenvalue weighted by atomic mass is 19.1. The summed E-state index contributed by atoms with van der Waals surface area (Å²) in [6.07, 6.45) is 5.16. The maximum Gasteiger partial charge on any atom is 0.209 e. The van der Waals surface area contributed by atoms with E-state index in [0.717, 1.165) is 22.1 Å². The Morgan fingerprint density at radius 2 is 1.79 bits per heavy atom. The molecule has 5 nitrogen and oxygen atoms in total. The number of aromatic nitrogens is 4. The van der Waals surface area contributed by atoms with Gasteiger partial charge in [0.1, 0.15) is 5.82 Å². The molecule has 2 aromatic carbocycles. The monoisotopic (exact) mass is 384 g/mol. The molecular weight excluding hydrogens is 367 g/mol. The minimum absolute atomic E-state index is 0.122. The normalized spacial score (nSPS) is 11.4. The second-order valence-electron chi connectivity index (χ2n) is 7.06. The molecule has 0 fully saturated rings. The summed E-state index contributed by atoms with van der Waals surface area (Å²) in [6.45, 7) is 0.491. The molecule has 0 unspecified atom stereocenters. The summed E-state index contributed by atoms with van der Waals surface area (Å²) >= 11 is 0. The zero-order valence-corrected chi connectivity index (χ0v) is 15.7. The summed E-state index contributed by atoms with van der Waals surface area (Å²) in [5.74, 6) is -0.448. The topological polar surface area (TPSA) is 52.7 Å². The molecule has 0 aliphatic carbocycles. The highest BCUT2D eigenvalue weighted by molar-refractivity contribution is 6.11. The van der Waals surface area contributed by atoms with Crippen molar-refractivity contribution >= 4 is 27.7 Å². The first-order chi connectivity index (χ1) is 14.1. The second-order valence-corrected chi connectivity index (χ2v) is 7.06. The van der Waals surface area contributed by atoms with Gasteiger partial charge in [0.25, 0.3) is 0 Å². The van der Waals surface area contributed by atoms with Crippen LogP contribution in [0.3, 0.4) is 0 Å². The van der Waals surface area contributed by atoms with Crippen LogP contribution in [0.5, 0.6) is 0 Å². The first-order valence-corrected chi connectivity index (χ1v) is 9.23. The Kier molecular flexibility index (Phi) is 3.98. The van der Waals surface area contributed by atoms with Gasteiger partial charge in [-0.05, 0) is 60.2 Å². The number of carbonyl (C=O) groups excluding carboxylic acids is 1. The van der Waals surface area contributed by atoms with Gasteiger partial charge in [-0.15, -0.1) is 0 Å². The van der Waals surface area contributed by atoms with Crippen molar-refractivity contribution < 1.29 is 9.18 Å². The van der Waals surface area contributed by atoms with Gasteiger partial charge in [0, 0.05) is 42.5 Å². The number of fused-ring (bicyclic) bond motifs is 2. The Morgan fingerprint density at radius 1 is 1.00 bits per heavy atom. The number of aryl methyl sites for hydroxylation is 1. The third-order valence-electron chi connectivity index (χ3n) is 5.17. The maximum atomic E-state index is 13.8. The zero-order chi connectivity index (χ0) is 20.0. The van der Waals surface area contributed by atoms with Gasteiger partial charge in [0.05, 0.1) is 23.1 Å². The fourth-order valence-electron chi connectivity index (χ4n) is 3.70. The van der Waals surface area contributed by atoms with E-state index in [1.807, 2.05) is 34.4 Å². The number of hydrogen-bond donors (Lipinski definition) is 0. The number of pyridine rings is 1. The predicted molar refractivity (Wildman–Crippen MR) is 109 cm³/mol. The number of halogens is 1. The first kappa shape index (κ1) is 17.3. The third kappa shape index (κ3) is 2.99. The number of rotatable bonds is 4. The van der Waals surface area contributed by atoms with Gasteiger partial charge in [-0.2, -0.15) is 0 Å². The average Bonchev–Trinajstić information content (AvgIpc) is 3.28. The molecule has 0 radical (unpaired) electrons. The molecular formula is C23H17FN4O. The molecule has 0 aliphatic heterocycles. The molecule has 3 heterocycles. The molecule has 0 N–H and O–H groups in total. The molecule has 0 saturated heterocycles. The van der Waals surface area contributed by atoms with Crippen LogP contribution in [0.25, 0.3) is 21.9 Å². The van der Waals surface area contributed by atoms with Crippen LogP contribution in [-0.2, 0) is 13.6 Å². The molecule has 0 amide bonds. The zero-order valence-electron chi connectivity index (χ0n) is 15.7. The van der Waals surface area contributed by atoms with Crippen molar-refractivity contribution in [1.82, 2.24) is 19.1 Å². The van der Waals surface area contributed by atoms with Crippen LogP contribution >= 0.6 is 0 Å². The molecule has 0 bridgehead atoms. The Hall–Kier alpha value is -3.80. The minimum Gasteiger partial charge on any atom is -0.334 e. The van der Waals surface area contributed by atoms with Gasteiger partial charge in [0.2, 0.25) is 5.78 Å². The molecule has 0 aliphatic rings. The van der Waals surface area contributed by atoms with E-state index in [9.17, 15) is 9.18 Å². The molecule has 5 rings (SSSR count). The molecule has 5 aromatic rings. The van der Waals surface area contributed by atoms with Crippen molar-refractivity contribution in [2.75, 3.05) is 0 Å². The molecule has 0 saturated carbocycles. The Bertz CT molecular complexity index is 1370. The van der Waals surface area contributed by atoms with E-state index in [1.165, 1.54) is 12.1 Å². The average molecular weight is 384 g/mol. The third-order valence-corrected chi connectivity index (χ3v) is 5.17. The first-order valence-electron chi connectivity index (χ1n) is 9.23. The van der Waals surface area contributed by atoms with Crippen LogP contribution in [0.1, 0.15) is 21.6 Å². The van der Waals surface area contributed by atoms with Gasteiger partial charge in [-0.1, -0.05) is 0 Å².